The fourth-order valence-electron chi connectivity index (χ4n) is 1.05. The molecule has 78 valence electrons. The predicted octanol–water partition coefficient (Wildman–Crippen LogP) is 2.39. The van der Waals surface area contributed by atoms with Gasteiger partial charge in [0.05, 0.1) is 23.4 Å². The van der Waals surface area contributed by atoms with Crippen molar-refractivity contribution in [2.24, 2.45) is 5.16 Å². The molecule has 0 fully saturated rings. The van der Waals surface area contributed by atoms with E-state index in [1.54, 1.807) is 6.07 Å². The number of nitrogens with zero attached hydrogens (tertiary/aromatic N) is 2. The van der Waals surface area contributed by atoms with Gasteiger partial charge in [-0.2, -0.15) is 18.4 Å². The summed E-state index contributed by atoms with van der Waals surface area (Å²) in [5.41, 5.74) is -1.39. The number of benzene rings is 1. The normalized spacial score (nSPS) is 11.6. The van der Waals surface area contributed by atoms with Crippen molar-refractivity contribution in [2.75, 3.05) is 0 Å². The molecule has 1 aromatic carbocycles. The molecule has 0 aliphatic rings. The molecule has 3 nitrogen and oxygen atoms in total. The SMILES string of the molecule is N#Cc1ccc(/C=N/O)c(C(F)(F)F)c1. The monoisotopic (exact) mass is 214 g/mol. The zero-order chi connectivity index (χ0) is 11.5. The van der Waals surface area contributed by atoms with Crippen molar-refractivity contribution in [3.05, 3.63) is 34.9 Å². The molecule has 0 aliphatic heterocycles. The van der Waals surface area contributed by atoms with Gasteiger partial charge < -0.3 is 5.21 Å². The molecule has 0 spiro atoms. The molecule has 1 rings (SSSR count). The highest BCUT2D eigenvalue weighted by Crippen LogP contribution is 2.31. The summed E-state index contributed by atoms with van der Waals surface area (Å²) in [4.78, 5) is 0. The molecule has 1 aromatic rings. The summed E-state index contributed by atoms with van der Waals surface area (Å²) >= 11 is 0. The largest absolute Gasteiger partial charge is 0.417 e. The summed E-state index contributed by atoms with van der Waals surface area (Å²) in [7, 11) is 0. The van der Waals surface area contributed by atoms with E-state index in [1.165, 1.54) is 6.07 Å². The quantitative estimate of drug-likeness (QED) is 0.443. The van der Waals surface area contributed by atoms with Gasteiger partial charge in [0.25, 0.3) is 0 Å². The molecule has 15 heavy (non-hydrogen) atoms. The van der Waals surface area contributed by atoms with Gasteiger partial charge in [0.2, 0.25) is 0 Å². The topological polar surface area (TPSA) is 56.4 Å². The maximum absolute atomic E-state index is 12.4. The second kappa shape index (κ2) is 4.00. The molecular weight excluding hydrogens is 209 g/mol. The van der Waals surface area contributed by atoms with Crippen LogP contribution in [0.5, 0.6) is 0 Å². The minimum Gasteiger partial charge on any atom is -0.411 e. The van der Waals surface area contributed by atoms with Crippen LogP contribution in [0.3, 0.4) is 0 Å². The molecule has 0 atom stereocenters. The van der Waals surface area contributed by atoms with Crippen LogP contribution in [0.15, 0.2) is 23.4 Å². The third-order valence-corrected chi connectivity index (χ3v) is 1.68. The summed E-state index contributed by atoms with van der Waals surface area (Å²) < 4.78 is 37.3. The van der Waals surface area contributed by atoms with Crippen LogP contribution in [0.1, 0.15) is 16.7 Å². The Morgan fingerprint density at radius 3 is 2.53 bits per heavy atom. The molecule has 0 unspecified atom stereocenters. The van der Waals surface area contributed by atoms with E-state index in [2.05, 4.69) is 5.16 Å². The lowest BCUT2D eigenvalue weighted by Gasteiger charge is -2.09. The van der Waals surface area contributed by atoms with Crippen LogP contribution in [-0.4, -0.2) is 11.4 Å². The number of oxime groups is 1. The maximum atomic E-state index is 12.4. The van der Waals surface area contributed by atoms with Crippen molar-refractivity contribution in [3.63, 3.8) is 0 Å². The van der Waals surface area contributed by atoms with Gasteiger partial charge in [-0.25, -0.2) is 0 Å². The van der Waals surface area contributed by atoms with Crippen molar-refractivity contribution in [1.29, 1.82) is 5.26 Å². The van der Waals surface area contributed by atoms with E-state index in [0.29, 0.717) is 12.3 Å². The number of halogens is 3. The number of nitriles is 1. The third-order valence-electron chi connectivity index (χ3n) is 1.68. The zero-order valence-electron chi connectivity index (χ0n) is 7.28. The lowest BCUT2D eigenvalue weighted by Crippen LogP contribution is -2.09. The smallest absolute Gasteiger partial charge is 0.411 e. The number of hydrogen-bond acceptors (Lipinski definition) is 3. The van der Waals surface area contributed by atoms with Crippen LogP contribution in [0.25, 0.3) is 0 Å². The van der Waals surface area contributed by atoms with Crippen LogP contribution in [0.2, 0.25) is 0 Å². The van der Waals surface area contributed by atoms with Gasteiger partial charge in [-0.15, -0.1) is 0 Å². The lowest BCUT2D eigenvalue weighted by molar-refractivity contribution is -0.137. The van der Waals surface area contributed by atoms with Crippen LogP contribution in [0, 0.1) is 11.3 Å². The molecule has 6 heteroatoms. The van der Waals surface area contributed by atoms with Gasteiger partial charge in [0.1, 0.15) is 0 Å². The van der Waals surface area contributed by atoms with Gasteiger partial charge in [0.15, 0.2) is 0 Å². The van der Waals surface area contributed by atoms with E-state index in [1.807, 2.05) is 0 Å². The van der Waals surface area contributed by atoms with Crippen LogP contribution < -0.4 is 0 Å². The first-order valence-electron chi connectivity index (χ1n) is 3.78. The maximum Gasteiger partial charge on any atom is 0.417 e. The van der Waals surface area contributed by atoms with Gasteiger partial charge >= 0.3 is 6.18 Å². The second-order valence-corrected chi connectivity index (χ2v) is 2.66. The first-order chi connectivity index (χ1) is 6.99. The first kappa shape index (κ1) is 11.0. The Hall–Kier alpha value is -2.03. The summed E-state index contributed by atoms with van der Waals surface area (Å²) in [6.45, 7) is 0. The highest BCUT2D eigenvalue weighted by atomic mass is 19.4. The average molecular weight is 214 g/mol. The number of alkyl halides is 3. The molecule has 0 heterocycles. The van der Waals surface area contributed by atoms with E-state index in [0.717, 1.165) is 6.07 Å². The van der Waals surface area contributed by atoms with Gasteiger partial charge in [-0.3, -0.25) is 0 Å². The van der Waals surface area contributed by atoms with E-state index < -0.39 is 11.7 Å². The highest BCUT2D eigenvalue weighted by molar-refractivity contribution is 5.81. The molecule has 1 N–H and O–H groups in total. The Bertz CT molecular complexity index is 432. The standard InChI is InChI=1S/C9H5F3N2O/c10-9(11,12)8-3-6(4-13)1-2-7(8)5-14-15/h1-3,5,15H/b14-5+. The molecule has 0 aromatic heterocycles. The van der Waals surface area contributed by atoms with Crippen LogP contribution >= 0.6 is 0 Å². The van der Waals surface area contributed by atoms with Gasteiger partial charge in [0, 0.05) is 5.56 Å². The Morgan fingerprint density at radius 1 is 1.40 bits per heavy atom. The number of rotatable bonds is 1. The summed E-state index contributed by atoms with van der Waals surface area (Å²) in [6, 6.07) is 4.59. The van der Waals surface area contributed by atoms with Crippen molar-refractivity contribution < 1.29 is 18.4 Å². The van der Waals surface area contributed by atoms with Crippen molar-refractivity contribution in [2.45, 2.75) is 6.18 Å². The molecule has 0 radical (unpaired) electrons. The minimum absolute atomic E-state index is 0.0996. The van der Waals surface area contributed by atoms with Gasteiger partial charge in [-0.05, 0) is 12.1 Å². The van der Waals surface area contributed by atoms with Crippen LogP contribution in [-0.2, 0) is 6.18 Å². The molecule has 0 amide bonds. The molecule has 0 saturated heterocycles. The zero-order valence-corrected chi connectivity index (χ0v) is 7.28. The fourth-order valence-corrected chi connectivity index (χ4v) is 1.05. The Balaban J connectivity index is 3.37. The summed E-state index contributed by atoms with van der Waals surface area (Å²) in [5, 5.41) is 19.1. The van der Waals surface area contributed by atoms with E-state index in [-0.39, 0.29) is 11.1 Å². The van der Waals surface area contributed by atoms with Crippen molar-refractivity contribution >= 4 is 6.21 Å². The highest BCUT2D eigenvalue weighted by Gasteiger charge is 2.33. The van der Waals surface area contributed by atoms with Crippen LogP contribution in [0.4, 0.5) is 13.2 Å². The summed E-state index contributed by atoms with van der Waals surface area (Å²) in [5.74, 6) is 0. The molecule has 0 aliphatic carbocycles. The van der Waals surface area contributed by atoms with Gasteiger partial charge in [-0.1, -0.05) is 11.2 Å². The lowest BCUT2D eigenvalue weighted by atomic mass is 10.0. The first-order valence-corrected chi connectivity index (χ1v) is 3.78. The Labute approximate surface area is 83.1 Å². The molecule has 0 bridgehead atoms. The van der Waals surface area contributed by atoms with E-state index in [9.17, 15) is 13.2 Å². The van der Waals surface area contributed by atoms with E-state index >= 15 is 0 Å². The predicted molar refractivity (Wildman–Crippen MR) is 45.5 cm³/mol. The Morgan fingerprint density at radius 2 is 2.07 bits per heavy atom. The third kappa shape index (κ3) is 2.47. The molecular formula is C9H5F3N2O. The van der Waals surface area contributed by atoms with E-state index in [4.69, 9.17) is 10.5 Å². The van der Waals surface area contributed by atoms with Crippen molar-refractivity contribution in [3.8, 4) is 6.07 Å². The molecule has 0 saturated carbocycles. The average Bonchev–Trinajstić information content (AvgIpc) is 2.17. The Kier molecular flexibility index (Phi) is 2.95. The minimum atomic E-state index is -4.58. The second-order valence-electron chi connectivity index (χ2n) is 2.66. The summed E-state index contributed by atoms with van der Waals surface area (Å²) in [6.07, 6.45) is -3.91. The number of hydrogen-bond donors (Lipinski definition) is 1. The van der Waals surface area contributed by atoms with Crippen molar-refractivity contribution in [1.82, 2.24) is 0 Å². The fraction of sp³-hybridized carbons (Fsp3) is 0.111.